The number of benzene rings is 1. The molecule has 2 rings (SSSR count). The van der Waals surface area contributed by atoms with Gasteiger partial charge in [-0.25, -0.2) is 9.97 Å². The van der Waals surface area contributed by atoms with Crippen LogP contribution in [0.4, 0.5) is 11.5 Å². The molecule has 0 fully saturated rings. The van der Waals surface area contributed by atoms with E-state index in [1.54, 1.807) is 6.20 Å². The van der Waals surface area contributed by atoms with Crippen LogP contribution < -0.4 is 10.6 Å². The molecule has 2 N–H and O–H groups in total. The molecule has 23 heavy (non-hydrogen) atoms. The second kappa shape index (κ2) is 8.24. The first-order chi connectivity index (χ1) is 11.1. The summed E-state index contributed by atoms with van der Waals surface area (Å²) in [5.74, 6) is 0.400. The number of carbonyl (C=O) groups is 1. The summed E-state index contributed by atoms with van der Waals surface area (Å²) in [6.45, 7) is 3.49. The molecule has 0 atom stereocenters. The van der Waals surface area contributed by atoms with Crippen molar-refractivity contribution in [1.82, 2.24) is 20.2 Å². The Labute approximate surface area is 137 Å². The van der Waals surface area contributed by atoms with Crippen LogP contribution in [0.15, 0.2) is 36.7 Å². The Hall–Kier alpha value is -2.47. The monoisotopic (exact) mass is 313 g/mol. The van der Waals surface area contributed by atoms with Gasteiger partial charge in [-0.3, -0.25) is 4.79 Å². The van der Waals surface area contributed by atoms with Gasteiger partial charge in [0.05, 0.1) is 12.4 Å². The Morgan fingerprint density at radius 3 is 2.43 bits per heavy atom. The standard InChI is InChI=1S/C17H23N5O/c1-4-13-5-7-14(8-6-13)21-16-12-19-15(11-20-16)17(23)18-9-10-22(2)3/h5-8,11-12H,4,9-10H2,1-3H3,(H,18,23)(H,20,21). The van der Waals surface area contributed by atoms with E-state index in [2.05, 4.69) is 39.7 Å². The molecule has 0 aliphatic carbocycles. The SMILES string of the molecule is CCc1ccc(Nc2cnc(C(=O)NCCN(C)C)cn2)cc1. The third kappa shape index (κ3) is 5.34. The van der Waals surface area contributed by atoms with Crippen molar-refractivity contribution in [2.45, 2.75) is 13.3 Å². The molecule has 0 aliphatic rings. The maximum atomic E-state index is 11.9. The van der Waals surface area contributed by atoms with Crippen LogP contribution in [-0.4, -0.2) is 48.0 Å². The van der Waals surface area contributed by atoms with Crippen molar-refractivity contribution in [2.24, 2.45) is 0 Å². The summed E-state index contributed by atoms with van der Waals surface area (Å²) in [5, 5.41) is 5.98. The average molecular weight is 313 g/mol. The molecule has 6 heteroatoms. The smallest absolute Gasteiger partial charge is 0.271 e. The third-order valence-electron chi connectivity index (χ3n) is 3.36. The second-order valence-corrected chi connectivity index (χ2v) is 5.52. The Kier molecular flexibility index (Phi) is 6.05. The Balaban J connectivity index is 1.91. The highest BCUT2D eigenvalue weighted by atomic mass is 16.1. The quantitative estimate of drug-likeness (QED) is 0.819. The summed E-state index contributed by atoms with van der Waals surface area (Å²) < 4.78 is 0. The van der Waals surface area contributed by atoms with E-state index in [9.17, 15) is 4.79 Å². The molecule has 1 heterocycles. The number of amides is 1. The molecule has 0 aliphatic heterocycles. The van der Waals surface area contributed by atoms with Crippen molar-refractivity contribution < 1.29 is 4.79 Å². The Morgan fingerprint density at radius 1 is 1.13 bits per heavy atom. The first-order valence-corrected chi connectivity index (χ1v) is 7.69. The van der Waals surface area contributed by atoms with Crippen molar-refractivity contribution in [2.75, 3.05) is 32.5 Å². The summed E-state index contributed by atoms with van der Waals surface area (Å²) in [6.07, 6.45) is 4.06. The Morgan fingerprint density at radius 2 is 1.87 bits per heavy atom. The van der Waals surface area contributed by atoms with Crippen LogP contribution in [0.1, 0.15) is 23.0 Å². The first kappa shape index (κ1) is 16.9. The highest BCUT2D eigenvalue weighted by Crippen LogP contribution is 2.14. The number of nitrogens with one attached hydrogen (secondary N) is 2. The van der Waals surface area contributed by atoms with Gasteiger partial charge in [-0.2, -0.15) is 0 Å². The minimum atomic E-state index is -0.210. The highest BCUT2D eigenvalue weighted by Gasteiger charge is 2.07. The maximum absolute atomic E-state index is 11.9. The number of likely N-dealkylation sites (N-methyl/N-ethyl adjacent to an activating group) is 1. The van der Waals surface area contributed by atoms with Gasteiger partial charge in [0.1, 0.15) is 11.5 Å². The molecular formula is C17H23N5O. The average Bonchev–Trinajstić information content (AvgIpc) is 2.56. The lowest BCUT2D eigenvalue weighted by molar-refractivity contribution is 0.0945. The normalized spacial score (nSPS) is 10.6. The number of anilines is 2. The topological polar surface area (TPSA) is 70.2 Å². The van der Waals surface area contributed by atoms with Crippen molar-refractivity contribution in [3.8, 4) is 0 Å². The lowest BCUT2D eigenvalue weighted by atomic mass is 10.1. The summed E-state index contributed by atoms with van der Waals surface area (Å²) in [7, 11) is 3.92. The first-order valence-electron chi connectivity index (χ1n) is 7.69. The van der Waals surface area contributed by atoms with E-state index in [1.165, 1.54) is 11.8 Å². The minimum Gasteiger partial charge on any atom is -0.349 e. The van der Waals surface area contributed by atoms with Gasteiger partial charge in [0, 0.05) is 18.8 Å². The van der Waals surface area contributed by atoms with E-state index < -0.39 is 0 Å². The largest absolute Gasteiger partial charge is 0.349 e. The molecule has 0 saturated heterocycles. The second-order valence-electron chi connectivity index (χ2n) is 5.52. The lowest BCUT2D eigenvalue weighted by Crippen LogP contribution is -2.31. The molecule has 0 saturated carbocycles. The van der Waals surface area contributed by atoms with Crippen LogP contribution in [0.25, 0.3) is 0 Å². The van der Waals surface area contributed by atoms with E-state index in [0.29, 0.717) is 18.1 Å². The molecule has 1 aromatic heterocycles. The number of hydrogen-bond donors (Lipinski definition) is 2. The van der Waals surface area contributed by atoms with Crippen LogP contribution in [0.2, 0.25) is 0 Å². The van der Waals surface area contributed by atoms with Crippen LogP contribution in [0.3, 0.4) is 0 Å². The van der Waals surface area contributed by atoms with Crippen molar-refractivity contribution in [3.63, 3.8) is 0 Å². The zero-order valence-electron chi connectivity index (χ0n) is 13.8. The predicted molar refractivity (Wildman–Crippen MR) is 92.0 cm³/mol. The molecule has 0 unspecified atom stereocenters. The fourth-order valence-corrected chi connectivity index (χ4v) is 1.97. The fraction of sp³-hybridized carbons (Fsp3) is 0.353. The molecule has 2 aromatic rings. The number of aryl methyl sites for hydroxylation is 1. The summed E-state index contributed by atoms with van der Waals surface area (Å²) in [4.78, 5) is 22.3. The molecule has 1 aromatic carbocycles. The lowest BCUT2D eigenvalue weighted by Gasteiger charge is -2.10. The van der Waals surface area contributed by atoms with Crippen molar-refractivity contribution >= 4 is 17.4 Å². The molecule has 1 amide bonds. The van der Waals surface area contributed by atoms with Crippen molar-refractivity contribution in [1.29, 1.82) is 0 Å². The van der Waals surface area contributed by atoms with Crippen LogP contribution in [-0.2, 0) is 6.42 Å². The molecule has 6 nitrogen and oxygen atoms in total. The predicted octanol–water partition coefficient (Wildman–Crippen LogP) is 2.07. The highest BCUT2D eigenvalue weighted by molar-refractivity contribution is 5.92. The van der Waals surface area contributed by atoms with E-state index >= 15 is 0 Å². The number of rotatable bonds is 7. The zero-order valence-corrected chi connectivity index (χ0v) is 13.8. The molecule has 122 valence electrons. The zero-order chi connectivity index (χ0) is 16.7. The van der Waals surface area contributed by atoms with Gasteiger partial charge in [0.15, 0.2) is 0 Å². The Bertz CT molecular complexity index is 622. The molecular weight excluding hydrogens is 290 g/mol. The maximum Gasteiger partial charge on any atom is 0.271 e. The van der Waals surface area contributed by atoms with E-state index in [4.69, 9.17) is 0 Å². The number of nitrogens with zero attached hydrogens (tertiary/aromatic N) is 3. The van der Waals surface area contributed by atoms with Gasteiger partial charge in [0.25, 0.3) is 5.91 Å². The van der Waals surface area contributed by atoms with E-state index in [1.807, 2.05) is 31.1 Å². The summed E-state index contributed by atoms with van der Waals surface area (Å²) in [6, 6.07) is 8.15. The van der Waals surface area contributed by atoms with Crippen LogP contribution >= 0.6 is 0 Å². The van der Waals surface area contributed by atoms with Gasteiger partial charge in [0.2, 0.25) is 0 Å². The van der Waals surface area contributed by atoms with Gasteiger partial charge in [-0.1, -0.05) is 19.1 Å². The molecule has 0 spiro atoms. The van der Waals surface area contributed by atoms with Gasteiger partial charge in [-0.05, 0) is 38.2 Å². The molecule has 0 bridgehead atoms. The van der Waals surface area contributed by atoms with Gasteiger partial charge >= 0.3 is 0 Å². The minimum absolute atomic E-state index is 0.210. The van der Waals surface area contributed by atoms with Crippen LogP contribution in [0, 0.1) is 0 Å². The summed E-state index contributed by atoms with van der Waals surface area (Å²) >= 11 is 0. The number of aromatic nitrogens is 2. The van der Waals surface area contributed by atoms with Crippen LogP contribution in [0.5, 0.6) is 0 Å². The van der Waals surface area contributed by atoms with E-state index in [-0.39, 0.29) is 5.91 Å². The fourth-order valence-electron chi connectivity index (χ4n) is 1.97. The number of hydrogen-bond acceptors (Lipinski definition) is 5. The van der Waals surface area contributed by atoms with E-state index in [0.717, 1.165) is 18.7 Å². The third-order valence-corrected chi connectivity index (χ3v) is 3.36. The van der Waals surface area contributed by atoms with Gasteiger partial charge < -0.3 is 15.5 Å². The van der Waals surface area contributed by atoms with Crippen molar-refractivity contribution in [3.05, 3.63) is 47.9 Å². The summed E-state index contributed by atoms with van der Waals surface area (Å²) in [5.41, 5.74) is 2.54. The number of carbonyl (C=O) groups excluding carboxylic acids is 1. The van der Waals surface area contributed by atoms with Gasteiger partial charge in [-0.15, -0.1) is 0 Å². The molecule has 0 radical (unpaired) electrons.